The van der Waals surface area contributed by atoms with Gasteiger partial charge < -0.3 is 14.2 Å². The van der Waals surface area contributed by atoms with Crippen molar-refractivity contribution in [3.63, 3.8) is 0 Å². The van der Waals surface area contributed by atoms with Crippen LogP contribution in [0.2, 0.25) is 0 Å². The summed E-state index contributed by atoms with van der Waals surface area (Å²) >= 11 is 5.38. The summed E-state index contributed by atoms with van der Waals surface area (Å²) in [7, 11) is 5.05. The second kappa shape index (κ2) is 6.79. The van der Waals surface area contributed by atoms with Crippen molar-refractivity contribution in [3.8, 4) is 28.8 Å². The van der Waals surface area contributed by atoms with Crippen LogP contribution in [0, 0.1) is 4.64 Å². The molecule has 5 nitrogen and oxygen atoms in total. The highest BCUT2D eigenvalue weighted by molar-refractivity contribution is 7.71. The molecule has 6 heteroatoms. The van der Waals surface area contributed by atoms with Gasteiger partial charge in [-0.1, -0.05) is 12.2 Å². The highest BCUT2D eigenvalue weighted by Crippen LogP contribution is 2.32. The fraction of sp³-hybridized carbons (Fsp3) is 0.375. The molecule has 0 radical (unpaired) electrons. The monoisotopic (exact) mass is 320 g/mol. The molecule has 0 bridgehead atoms. The predicted molar refractivity (Wildman–Crippen MR) is 88.3 cm³/mol. The Morgan fingerprint density at radius 3 is 2.36 bits per heavy atom. The van der Waals surface area contributed by atoms with Gasteiger partial charge in [0.25, 0.3) is 6.01 Å². The molecule has 22 heavy (non-hydrogen) atoms. The number of ether oxygens (including phenoxy) is 3. The van der Waals surface area contributed by atoms with Crippen molar-refractivity contribution in [1.29, 1.82) is 0 Å². The van der Waals surface area contributed by atoms with Crippen molar-refractivity contribution < 1.29 is 14.2 Å². The quantitative estimate of drug-likeness (QED) is 0.787. The summed E-state index contributed by atoms with van der Waals surface area (Å²) in [5, 5.41) is 0. The molecule has 0 spiro atoms. The van der Waals surface area contributed by atoms with E-state index in [-0.39, 0.29) is 6.10 Å². The molecule has 0 saturated heterocycles. The highest BCUT2D eigenvalue weighted by Gasteiger charge is 2.11. The number of rotatable bonds is 5. The molecule has 0 atom stereocenters. The van der Waals surface area contributed by atoms with Crippen LogP contribution in [0.15, 0.2) is 24.3 Å². The van der Waals surface area contributed by atoms with Crippen molar-refractivity contribution in [1.82, 2.24) is 9.55 Å². The molecule has 1 aromatic heterocycles. The van der Waals surface area contributed by atoms with E-state index in [0.717, 1.165) is 11.3 Å². The molecule has 0 amide bonds. The van der Waals surface area contributed by atoms with Gasteiger partial charge >= 0.3 is 0 Å². The van der Waals surface area contributed by atoms with Gasteiger partial charge in [-0.2, -0.15) is 4.98 Å². The van der Waals surface area contributed by atoms with E-state index in [2.05, 4.69) is 4.98 Å². The zero-order chi connectivity index (χ0) is 16.3. The third-order valence-corrected chi connectivity index (χ3v) is 3.51. The molecule has 0 aliphatic rings. The lowest BCUT2D eigenvalue weighted by molar-refractivity contribution is 0.212. The lowest BCUT2D eigenvalue weighted by atomic mass is 10.1. The lowest BCUT2D eigenvalue weighted by Crippen LogP contribution is -2.13. The topological polar surface area (TPSA) is 45.5 Å². The van der Waals surface area contributed by atoms with Gasteiger partial charge in [0.1, 0.15) is 4.64 Å². The Balaban J connectivity index is 2.53. The van der Waals surface area contributed by atoms with E-state index < -0.39 is 0 Å². The van der Waals surface area contributed by atoms with Crippen LogP contribution in [-0.4, -0.2) is 29.9 Å². The molecule has 1 heterocycles. The van der Waals surface area contributed by atoms with Crippen molar-refractivity contribution in [3.05, 3.63) is 28.9 Å². The van der Waals surface area contributed by atoms with Crippen molar-refractivity contribution in [2.75, 3.05) is 14.2 Å². The van der Waals surface area contributed by atoms with E-state index in [0.29, 0.717) is 22.2 Å². The zero-order valence-corrected chi connectivity index (χ0v) is 14.2. The van der Waals surface area contributed by atoms with E-state index >= 15 is 0 Å². The highest BCUT2D eigenvalue weighted by atomic mass is 32.1. The molecular weight excluding hydrogens is 300 g/mol. The van der Waals surface area contributed by atoms with Gasteiger partial charge in [0.15, 0.2) is 11.5 Å². The fourth-order valence-electron chi connectivity index (χ4n) is 1.98. The lowest BCUT2D eigenvalue weighted by Gasteiger charge is -2.15. The van der Waals surface area contributed by atoms with Gasteiger partial charge in [-0.3, -0.25) is 4.57 Å². The average molecular weight is 320 g/mol. The first kappa shape index (κ1) is 16.3. The largest absolute Gasteiger partial charge is 0.493 e. The van der Waals surface area contributed by atoms with Crippen molar-refractivity contribution in [2.24, 2.45) is 7.05 Å². The number of benzene rings is 1. The minimum absolute atomic E-state index is 0.0220. The molecule has 1 aromatic carbocycles. The maximum Gasteiger partial charge on any atom is 0.297 e. The van der Waals surface area contributed by atoms with E-state index in [1.807, 2.05) is 45.2 Å². The molecule has 0 unspecified atom stereocenters. The summed E-state index contributed by atoms with van der Waals surface area (Å²) in [6.45, 7) is 3.90. The van der Waals surface area contributed by atoms with Gasteiger partial charge in [0.05, 0.1) is 26.0 Å². The maximum absolute atomic E-state index is 5.72. The van der Waals surface area contributed by atoms with Crippen LogP contribution in [0.5, 0.6) is 17.5 Å². The molecule has 0 fully saturated rings. The van der Waals surface area contributed by atoms with Gasteiger partial charge in [-0.05, 0) is 38.1 Å². The Hall–Kier alpha value is -2.08. The Labute approximate surface area is 135 Å². The van der Waals surface area contributed by atoms with Crippen LogP contribution in [0.1, 0.15) is 13.8 Å². The Kier molecular flexibility index (Phi) is 5.03. The Bertz CT molecular complexity index is 726. The number of aromatic nitrogens is 2. The van der Waals surface area contributed by atoms with E-state index in [1.54, 1.807) is 18.8 Å². The summed E-state index contributed by atoms with van der Waals surface area (Å²) in [6.07, 6.45) is 0.0220. The molecule has 0 saturated carbocycles. The standard InChI is InChI=1S/C16H20N2O3S/c1-10(2)21-16-17-12(9-15(22)18(16)3)11-6-7-13(19-4)14(8-11)20-5/h6-10H,1-5H3. The van der Waals surface area contributed by atoms with Gasteiger partial charge in [-0.15, -0.1) is 0 Å². The molecular formula is C16H20N2O3S. The third-order valence-electron chi connectivity index (χ3n) is 3.11. The molecule has 0 N–H and O–H groups in total. The fourth-order valence-corrected chi connectivity index (χ4v) is 2.17. The molecule has 118 valence electrons. The van der Waals surface area contributed by atoms with E-state index in [9.17, 15) is 0 Å². The van der Waals surface area contributed by atoms with Crippen LogP contribution in [0.3, 0.4) is 0 Å². The first-order chi connectivity index (χ1) is 10.5. The second-order valence-electron chi connectivity index (χ2n) is 5.06. The summed E-state index contributed by atoms with van der Waals surface area (Å²) in [4.78, 5) is 4.55. The summed E-state index contributed by atoms with van der Waals surface area (Å²) in [5.74, 6) is 1.32. The van der Waals surface area contributed by atoms with Crippen molar-refractivity contribution >= 4 is 12.2 Å². The maximum atomic E-state index is 5.72. The first-order valence-electron chi connectivity index (χ1n) is 6.93. The van der Waals surface area contributed by atoms with Crippen LogP contribution >= 0.6 is 12.2 Å². The molecule has 2 aromatic rings. The first-order valence-corrected chi connectivity index (χ1v) is 7.34. The average Bonchev–Trinajstić information content (AvgIpc) is 2.50. The predicted octanol–water partition coefficient (Wildman–Crippen LogP) is 3.62. The smallest absolute Gasteiger partial charge is 0.297 e. The van der Waals surface area contributed by atoms with E-state index in [1.165, 1.54) is 0 Å². The van der Waals surface area contributed by atoms with Crippen LogP contribution in [-0.2, 0) is 7.05 Å². The zero-order valence-electron chi connectivity index (χ0n) is 13.4. The SMILES string of the molecule is COc1ccc(-c2cc(=S)n(C)c(OC(C)C)n2)cc1OC. The summed E-state index contributed by atoms with van der Waals surface area (Å²) < 4.78 is 18.7. The minimum Gasteiger partial charge on any atom is -0.493 e. The van der Waals surface area contributed by atoms with Crippen molar-refractivity contribution in [2.45, 2.75) is 20.0 Å². The van der Waals surface area contributed by atoms with Gasteiger partial charge in [0, 0.05) is 12.6 Å². The Morgan fingerprint density at radius 1 is 1.09 bits per heavy atom. The summed E-state index contributed by atoms with van der Waals surface area (Å²) in [6, 6.07) is 7.96. The van der Waals surface area contributed by atoms with Crippen LogP contribution < -0.4 is 14.2 Å². The molecule has 0 aliphatic carbocycles. The Morgan fingerprint density at radius 2 is 1.77 bits per heavy atom. The number of hydrogen-bond acceptors (Lipinski definition) is 5. The van der Waals surface area contributed by atoms with E-state index in [4.69, 9.17) is 26.4 Å². The van der Waals surface area contributed by atoms with Crippen LogP contribution in [0.4, 0.5) is 0 Å². The van der Waals surface area contributed by atoms with Crippen LogP contribution in [0.25, 0.3) is 11.3 Å². The third kappa shape index (κ3) is 3.39. The number of methoxy groups -OCH3 is 2. The molecule has 2 rings (SSSR count). The summed E-state index contributed by atoms with van der Waals surface area (Å²) in [5.41, 5.74) is 1.62. The minimum atomic E-state index is 0.0220. The normalized spacial score (nSPS) is 10.6. The second-order valence-corrected chi connectivity index (χ2v) is 5.48. The number of nitrogens with zero attached hydrogens (tertiary/aromatic N) is 2. The number of hydrogen-bond donors (Lipinski definition) is 0. The van der Waals surface area contributed by atoms with Gasteiger partial charge in [0.2, 0.25) is 0 Å². The van der Waals surface area contributed by atoms with Gasteiger partial charge in [-0.25, -0.2) is 0 Å². The molecule has 0 aliphatic heterocycles.